The lowest BCUT2D eigenvalue weighted by atomic mass is 10.1. The molecule has 1 aromatic carbocycles. The number of rotatable bonds is 8. The van der Waals surface area contributed by atoms with Crippen LogP contribution in [0.25, 0.3) is 0 Å². The zero-order chi connectivity index (χ0) is 20.0. The van der Waals surface area contributed by atoms with Crippen molar-refractivity contribution in [3.05, 3.63) is 23.8 Å². The molecule has 1 heterocycles. The Labute approximate surface area is 162 Å². The van der Waals surface area contributed by atoms with Gasteiger partial charge in [-0.05, 0) is 43.4 Å². The van der Waals surface area contributed by atoms with Crippen molar-refractivity contribution in [2.45, 2.75) is 39.2 Å². The van der Waals surface area contributed by atoms with Gasteiger partial charge in [-0.3, -0.25) is 4.79 Å². The number of carbonyl (C=O) groups excluding carboxylic acids is 1. The first-order valence-electron chi connectivity index (χ1n) is 9.27. The summed E-state index contributed by atoms with van der Waals surface area (Å²) < 4.78 is 35.7. The number of methoxy groups -OCH3 is 1. The molecule has 152 valence electrons. The number of nitrogens with zero attached hydrogens (tertiary/aromatic N) is 1. The minimum Gasteiger partial charge on any atom is -0.493 e. The third-order valence-corrected chi connectivity index (χ3v) is 5.94. The van der Waals surface area contributed by atoms with E-state index in [-0.39, 0.29) is 11.9 Å². The second-order valence-corrected chi connectivity index (χ2v) is 9.29. The summed E-state index contributed by atoms with van der Waals surface area (Å²) in [5, 5.41) is 2.98. The van der Waals surface area contributed by atoms with Crippen LogP contribution in [-0.4, -0.2) is 57.7 Å². The number of nitrogens with one attached hydrogen (secondary N) is 1. The lowest BCUT2D eigenvalue weighted by molar-refractivity contribution is 0.0923. The minimum atomic E-state index is -3.17. The van der Waals surface area contributed by atoms with E-state index in [1.54, 1.807) is 25.3 Å². The molecule has 1 aliphatic rings. The number of benzene rings is 1. The van der Waals surface area contributed by atoms with Gasteiger partial charge in [0.25, 0.3) is 5.91 Å². The fourth-order valence-corrected chi connectivity index (χ4v) is 3.81. The van der Waals surface area contributed by atoms with Gasteiger partial charge in [0.05, 0.1) is 20.0 Å². The van der Waals surface area contributed by atoms with E-state index in [1.165, 1.54) is 10.6 Å². The Morgan fingerprint density at radius 2 is 1.93 bits per heavy atom. The van der Waals surface area contributed by atoms with Gasteiger partial charge < -0.3 is 14.8 Å². The summed E-state index contributed by atoms with van der Waals surface area (Å²) in [6.07, 6.45) is 3.36. The number of hydrogen-bond acceptors (Lipinski definition) is 5. The van der Waals surface area contributed by atoms with Crippen LogP contribution in [0.3, 0.4) is 0 Å². The van der Waals surface area contributed by atoms with Crippen LogP contribution in [0.1, 0.15) is 43.5 Å². The first-order valence-corrected chi connectivity index (χ1v) is 11.1. The topological polar surface area (TPSA) is 84.9 Å². The molecular weight excluding hydrogens is 368 g/mol. The fourth-order valence-electron chi connectivity index (χ4n) is 2.93. The Hall–Kier alpha value is -1.80. The number of sulfonamides is 1. The predicted octanol–water partition coefficient (Wildman–Crippen LogP) is 2.27. The highest BCUT2D eigenvalue weighted by Crippen LogP contribution is 2.28. The molecule has 0 spiro atoms. The van der Waals surface area contributed by atoms with Crippen molar-refractivity contribution in [3.63, 3.8) is 0 Å². The van der Waals surface area contributed by atoms with E-state index in [0.29, 0.717) is 55.5 Å². The summed E-state index contributed by atoms with van der Waals surface area (Å²) in [5.41, 5.74) is 0.494. The molecule has 1 saturated heterocycles. The van der Waals surface area contributed by atoms with Crippen molar-refractivity contribution in [2.75, 3.05) is 33.1 Å². The zero-order valence-electron chi connectivity index (χ0n) is 16.5. The average molecular weight is 399 g/mol. The Bertz CT molecular complexity index is 740. The van der Waals surface area contributed by atoms with Crippen LogP contribution in [-0.2, 0) is 10.0 Å². The van der Waals surface area contributed by atoms with Gasteiger partial charge in [-0.25, -0.2) is 12.7 Å². The second-order valence-electron chi connectivity index (χ2n) is 7.31. The van der Waals surface area contributed by atoms with Crippen LogP contribution in [0, 0.1) is 5.92 Å². The van der Waals surface area contributed by atoms with Crippen LogP contribution < -0.4 is 14.8 Å². The van der Waals surface area contributed by atoms with E-state index in [9.17, 15) is 13.2 Å². The van der Waals surface area contributed by atoms with Gasteiger partial charge in [-0.2, -0.15) is 0 Å². The molecule has 1 amide bonds. The first-order chi connectivity index (χ1) is 12.7. The quantitative estimate of drug-likeness (QED) is 0.726. The van der Waals surface area contributed by atoms with Gasteiger partial charge in [-0.1, -0.05) is 13.8 Å². The first kappa shape index (κ1) is 21.5. The Balaban J connectivity index is 1.94. The summed E-state index contributed by atoms with van der Waals surface area (Å²) in [6.45, 7) is 5.72. The summed E-state index contributed by atoms with van der Waals surface area (Å²) in [6, 6.07) is 5.10. The highest BCUT2D eigenvalue weighted by Gasteiger charge is 2.26. The monoisotopic (exact) mass is 398 g/mol. The summed E-state index contributed by atoms with van der Waals surface area (Å²) >= 11 is 0. The average Bonchev–Trinajstić information content (AvgIpc) is 2.61. The third-order valence-electron chi connectivity index (χ3n) is 4.64. The number of ether oxygens (including phenoxy) is 2. The van der Waals surface area contributed by atoms with E-state index in [0.717, 1.165) is 6.42 Å². The summed E-state index contributed by atoms with van der Waals surface area (Å²) in [4.78, 5) is 12.5. The largest absolute Gasteiger partial charge is 0.493 e. The smallest absolute Gasteiger partial charge is 0.251 e. The third kappa shape index (κ3) is 6.39. The van der Waals surface area contributed by atoms with Gasteiger partial charge in [0.2, 0.25) is 10.0 Å². The van der Waals surface area contributed by atoms with Crippen molar-refractivity contribution in [1.82, 2.24) is 9.62 Å². The number of carbonyl (C=O) groups is 1. The molecule has 1 aliphatic heterocycles. The van der Waals surface area contributed by atoms with E-state index >= 15 is 0 Å². The maximum Gasteiger partial charge on any atom is 0.251 e. The van der Waals surface area contributed by atoms with Crippen LogP contribution >= 0.6 is 0 Å². The van der Waals surface area contributed by atoms with Gasteiger partial charge in [0.1, 0.15) is 0 Å². The lowest BCUT2D eigenvalue weighted by Gasteiger charge is -2.30. The molecule has 1 N–H and O–H groups in total. The van der Waals surface area contributed by atoms with E-state index in [2.05, 4.69) is 19.2 Å². The summed E-state index contributed by atoms with van der Waals surface area (Å²) in [5.74, 6) is 1.50. The fraction of sp³-hybridized carbons (Fsp3) is 0.632. The SMILES string of the molecule is COc1cc(C(=O)NC2CCN(S(C)(=O)=O)CC2)ccc1OCCC(C)C. The van der Waals surface area contributed by atoms with Gasteiger partial charge in [0, 0.05) is 24.7 Å². The standard InChI is InChI=1S/C19H30N2O5S/c1-14(2)9-12-26-17-6-5-15(13-18(17)25-3)19(22)20-16-7-10-21(11-8-16)27(4,23)24/h5-6,13-14,16H,7-12H2,1-4H3,(H,20,22). The molecule has 7 nitrogen and oxygen atoms in total. The van der Waals surface area contributed by atoms with Gasteiger partial charge in [-0.15, -0.1) is 0 Å². The molecule has 0 aromatic heterocycles. The molecule has 0 saturated carbocycles. The molecule has 0 bridgehead atoms. The van der Waals surface area contributed by atoms with Crippen molar-refractivity contribution in [1.29, 1.82) is 0 Å². The number of amides is 1. The maximum atomic E-state index is 12.5. The molecule has 0 atom stereocenters. The normalized spacial score (nSPS) is 16.3. The van der Waals surface area contributed by atoms with Gasteiger partial charge in [0.15, 0.2) is 11.5 Å². The van der Waals surface area contributed by atoms with Crippen LogP contribution in [0.15, 0.2) is 18.2 Å². The van der Waals surface area contributed by atoms with Crippen LogP contribution in [0.4, 0.5) is 0 Å². The Morgan fingerprint density at radius 1 is 1.26 bits per heavy atom. The van der Waals surface area contributed by atoms with Crippen LogP contribution in [0.2, 0.25) is 0 Å². The highest BCUT2D eigenvalue weighted by atomic mass is 32.2. The molecule has 8 heteroatoms. The molecule has 1 fully saturated rings. The molecule has 0 aliphatic carbocycles. The van der Waals surface area contributed by atoms with E-state index in [4.69, 9.17) is 9.47 Å². The van der Waals surface area contributed by atoms with Crippen molar-refractivity contribution in [3.8, 4) is 11.5 Å². The zero-order valence-corrected chi connectivity index (χ0v) is 17.3. The Morgan fingerprint density at radius 3 is 2.48 bits per heavy atom. The van der Waals surface area contributed by atoms with Crippen LogP contribution in [0.5, 0.6) is 11.5 Å². The summed E-state index contributed by atoms with van der Waals surface area (Å²) in [7, 11) is -1.62. The number of piperidine rings is 1. The molecule has 2 rings (SSSR count). The molecule has 1 aromatic rings. The molecule has 0 unspecified atom stereocenters. The predicted molar refractivity (Wildman–Crippen MR) is 105 cm³/mol. The Kier molecular flexibility index (Phi) is 7.49. The molecule has 27 heavy (non-hydrogen) atoms. The minimum absolute atomic E-state index is 0.0385. The highest BCUT2D eigenvalue weighted by molar-refractivity contribution is 7.88. The molecule has 0 radical (unpaired) electrons. The van der Waals surface area contributed by atoms with E-state index in [1.807, 2.05) is 0 Å². The van der Waals surface area contributed by atoms with Crippen molar-refractivity contribution in [2.24, 2.45) is 5.92 Å². The molecular formula is C19H30N2O5S. The van der Waals surface area contributed by atoms with E-state index < -0.39 is 10.0 Å². The maximum absolute atomic E-state index is 12.5. The van der Waals surface area contributed by atoms with Crippen molar-refractivity contribution < 1.29 is 22.7 Å². The number of hydrogen-bond donors (Lipinski definition) is 1. The second kappa shape index (κ2) is 9.41. The lowest BCUT2D eigenvalue weighted by Crippen LogP contribution is -2.46. The van der Waals surface area contributed by atoms with Crippen molar-refractivity contribution >= 4 is 15.9 Å². The van der Waals surface area contributed by atoms with Gasteiger partial charge >= 0.3 is 0 Å².